The van der Waals surface area contributed by atoms with Gasteiger partial charge in [0.05, 0.1) is 0 Å². The molecule has 0 saturated carbocycles. The number of unbranched alkanes of at least 4 members (excludes halogenated alkanes) is 4. The zero-order chi connectivity index (χ0) is 14.4. The summed E-state index contributed by atoms with van der Waals surface area (Å²) in [5.74, 6) is 0. The van der Waals surface area contributed by atoms with E-state index in [0.29, 0.717) is 5.41 Å². The lowest BCUT2D eigenvalue weighted by Crippen LogP contribution is -2.55. The van der Waals surface area contributed by atoms with E-state index in [0.717, 1.165) is 6.54 Å². The van der Waals surface area contributed by atoms with E-state index in [4.69, 9.17) is 5.73 Å². The molecule has 0 aromatic carbocycles. The van der Waals surface area contributed by atoms with Crippen LogP contribution in [0.25, 0.3) is 0 Å². The van der Waals surface area contributed by atoms with Crippen molar-refractivity contribution in [2.75, 3.05) is 19.6 Å². The monoisotopic (exact) mass is 268 g/mol. The molecular formula is C17H36N2. The molecule has 0 radical (unpaired) electrons. The molecule has 1 heterocycles. The summed E-state index contributed by atoms with van der Waals surface area (Å²) in [5.41, 5.74) is 6.88. The molecule has 0 aromatic heterocycles. The van der Waals surface area contributed by atoms with Gasteiger partial charge in [0.15, 0.2) is 0 Å². The van der Waals surface area contributed by atoms with Gasteiger partial charge in [-0.2, -0.15) is 0 Å². The van der Waals surface area contributed by atoms with Gasteiger partial charge >= 0.3 is 0 Å². The molecule has 1 atom stereocenters. The Labute approximate surface area is 121 Å². The van der Waals surface area contributed by atoms with Crippen molar-refractivity contribution in [3.05, 3.63) is 0 Å². The molecule has 0 aromatic rings. The SMILES string of the molecule is CCCCCCCC(C)(CN)N1CCC(C)(C)CC1. The molecule has 1 aliphatic heterocycles. The maximum Gasteiger partial charge on any atom is 0.0303 e. The van der Waals surface area contributed by atoms with Crippen molar-refractivity contribution in [1.82, 2.24) is 4.90 Å². The molecule has 19 heavy (non-hydrogen) atoms. The van der Waals surface area contributed by atoms with Gasteiger partial charge in [-0.25, -0.2) is 0 Å². The van der Waals surface area contributed by atoms with Gasteiger partial charge < -0.3 is 5.73 Å². The number of hydrogen-bond acceptors (Lipinski definition) is 2. The lowest BCUT2D eigenvalue weighted by molar-refractivity contribution is 0.0363. The van der Waals surface area contributed by atoms with Crippen molar-refractivity contribution in [3.8, 4) is 0 Å². The van der Waals surface area contributed by atoms with Crippen LogP contribution in [0, 0.1) is 5.41 Å². The van der Waals surface area contributed by atoms with Gasteiger partial charge in [-0.05, 0) is 44.7 Å². The number of nitrogens with two attached hydrogens (primary N) is 1. The van der Waals surface area contributed by atoms with Crippen LogP contribution in [0.4, 0.5) is 0 Å². The minimum atomic E-state index is 0.239. The van der Waals surface area contributed by atoms with Crippen molar-refractivity contribution in [3.63, 3.8) is 0 Å². The van der Waals surface area contributed by atoms with Crippen LogP contribution in [0.1, 0.15) is 79.1 Å². The molecule has 2 heteroatoms. The molecule has 2 nitrogen and oxygen atoms in total. The Morgan fingerprint density at radius 2 is 1.63 bits per heavy atom. The van der Waals surface area contributed by atoms with E-state index in [-0.39, 0.29) is 5.54 Å². The van der Waals surface area contributed by atoms with Crippen LogP contribution < -0.4 is 5.73 Å². The number of hydrogen-bond donors (Lipinski definition) is 1. The molecule has 1 unspecified atom stereocenters. The van der Waals surface area contributed by atoms with Crippen LogP contribution in [0.5, 0.6) is 0 Å². The second kappa shape index (κ2) is 7.64. The molecule has 1 rings (SSSR count). The fraction of sp³-hybridized carbons (Fsp3) is 1.00. The highest BCUT2D eigenvalue weighted by atomic mass is 15.2. The Balaban J connectivity index is 2.37. The van der Waals surface area contributed by atoms with Crippen molar-refractivity contribution in [1.29, 1.82) is 0 Å². The summed E-state index contributed by atoms with van der Waals surface area (Å²) in [5, 5.41) is 0. The van der Waals surface area contributed by atoms with Crippen LogP contribution in [0.2, 0.25) is 0 Å². The van der Waals surface area contributed by atoms with E-state index in [1.165, 1.54) is 64.5 Å². The molecule has 0 bridgehead atoms. The van der Waals surface area contributed by atoms with E-state index >= 15 is 0 Å². The standard InChI is InChI=1S/C17H36N2/c1-5-6-7-8-9-10-17(4,15-18)19-13-11-16(2,3)12-14-19/h5-15,18H2,1-4H3. The highest BCUT2D eigenvalue weighted by molar-refractivity contribution is 4.91. The summed E-state index contributed by atoms with van der Waals surface area (Å²) >= 11 is 0. The molecule has 1 aliphatic rings. The predicted octanol–water partition coefficient (Wildman–Crippen LogP) is 4.19. The van der Waals surface area contributed by atoms with Gasteiger partial charge in [-0.1, -0.05) is 52.9 Å². The van der Waals surface area contributed by atoms with E-state index in [9.17, 15) is 0 Å². The normalized spacial score (nSPS) is 23.2. The number of piperidine rings is 1. The van der Waals surface area contributed by atoms with E-state index < -0.39 is 0 Å². The molecular weight excluding hydrogens is 232 g/mol. The van der Waals surface area contributed by atoms with Crippen LogP contribution >= 0.6 is 0 Å². The van der Waals surface area contributed by atoms with E-state index in [1.807, 2.05) is 0 Å². The smallest absolute Gasteiger partial charge is 0.0303 e. The van der Waals surface area contributed by atoms with Crippen LogP contribution in [0.15, 0.2) is 0 Å². The average Bonchev–Trinajstić information content (AvgIpc) is 2.38. The zero-order valence-electron chi connectivity index (χ0n) is 13.8. The highest BCUT2D eigenvalue weighted by Gasteiger charge is 2.35. The van der Waals surface area contributed by atoms with E-state index in [1.54, 1.807) is 0 Å². The first-order chi connectivity index (χ1) is 8.93. The largest absolute Gasteiger partial charge is 0.329 e. The third-order valence-corrected chi connectivity index (χ3v) is 5.14. The quantitative estimate of drug-likeness (QED) is 0.669. The first-order valence-electron chi connectivity index (χ1n) is 8.39. The summed E-state index contributed by atoms with van der Waals surface area (Å²) in [6.45, 7) is 12.7. The van der Waals surface area contributed by atoms with Gasteiger partial charge in [-0.15, -0.1) is 0 Å². The van der Waals surface area contributed by atoms with Gasteiger partial charge in [0, 0.05) is 12.1 Å². The summed E-state index contributed by atoms with van der Waals surface area (Å²) in [7, 11) is 0. The molecule has 114 valence electrons. The lowest BCUT2D eigenvalue weighted by Gasteiger charge is -2.47. The average molecular weight is 268 g/mol. The number of likely N-dealkylation sites (tertiary alicyclic amines) is 1. The molecule has 2 N–H and O–H groups in total. The van der Waals surface area contributed by atoms with Crippen LogP contribution in [-0.2, 0) is 0 Å². The Morgan fingerprint density at radius 1 is 1.05 bits per heavy atom. The first kappa shape index (κ1) is 17.0. The third-order valence-electron chi connectivity index (χ3n) is 5.14. The Kier molecular flexibility index (Phi) is 6.82. The minimum Gasteiger partial charge on any atom is -0.329 e. The second-order valence-corrected chi connectivity index (χ2v) is 7.52. The predicted molar refractivity (Wildman–Crippen MR) is 85.4 cm³/mol. The molecule has 0 spiro atoms. The zero-order valence-corrected chi connectivity index (χ0v) is 13.8. The summed E-state index contributed by atoms with van der Waals surface area (Å²) in [4.78, 5) is 2.66. The minimum absolute atomic E-state index is 0.239. The van der Waals surface area contributed by atoms with Crippen LogP contribution in [-0.4, -0.2) is 30.1 Å². The highest BCUT2D eigenvalue weighted by Crippen LogP contribution is 2.34. The molecule has 0 amide bonds. The number of nitrogens with zero attached hydrogens (tertiary/aromatic N) is 1. The van der Waals surface area contributed by atoms with Gasteiger partial charge in [0.25, 0.3) is 0 Å². The summed E-state index contributed by atoms with van der Waals surface area (Å²) in [6.07, 6.45) is 10.7. The maximum atomic E-state index is 6.10. The van der Waals surface area contributed by atoms with Gasteiger partial charge in [-0.3, -0.25) is 4.90 Å². The topological polar surface area (TPSA) is 29.3 Å². The summed E-state index contributed by atoms with van der Waals surface area (Å²) in [6, 6.07) is 0. The van der Waals surface area contributed by atoms with Crippen molar-refractivity contribution < 1.29 is 0 Å². The van der Waals surface area contributed by atoms with Gasteiger partial charge in [0.1, 0.15) is 0 Å². The molecule has 1 saturated heterocycles. The Hall–Kier alpha value is -0.0800. The Morgan fingerprint density at radius 3 is 2.16 bits per heavy atom. The van der Waals surface area contributed by atoms with Gasteiger partial charge in [0.2, 0.25) is 0 Å². The summed E-state index contributed by atoms with van der Waals surface area (Å²) < 4.78 is 0. The van der Waals surface area contributed by atoms with Crippen molar-refractivity contribution in [2.24, 2.45) is 11.1 Å². The third kappa shape index (κ3) is 5.43. The molecule has 0 aliphatic carbocycles. The Bertz CT molecular complexity index is 240. The van der Waals surface area contributed by atoms with E-state index in [2.05, 4.69) is 32.6 Å². The number of rotatable bonds is 8. The maximum absolute atomic E-state index is 6.10. The van der Waals surface area contributed by atoms with Crippen molar-refractivity contribution in [2.45, 2.75) is 84.6 Å². The van der Waals surface area contributed by atoms with Crippen molar-refractivity contribution >= 4 is 0 Å². The second-order valence-electron chi connectivity index (χ2n) is 7.52. The fourth-order valence-electron chi connectivity index (χ4n) is 3.15. The van der Waals surface area contributed by atoms with Crippen LogP contribution in [0.3, 0.4) is 0 Å². The lowest BCUT2D eigenvalue weighted by atomic mass is 9.80. The first-order valence-corrected chi connectivity index (χ1v) is 8.39. The molecule has 1 fully saturated rings. The fourth-order valence-corrected chi connectivity index (χ4v) is 3.15.